The summed E-state index contributed by atoms with van der Waals surface area (Å²) in [5.41, 5.74) is 1.04. The van der Waals surface area contributed by atoms with E-state index >= 15 is 0 Å². The third kappa shape index (κ3) is 3.25. The Balaban J connectivity index is 2.26. The zero-order valence-electron chi connectivity index (χ0n) is 11.8. The minimum Gasteiger partial charge on any atom is -0.454 e. The minimum atomic E-state index is -0.693. The van der Waals surface area contributed by atoms with Gasteiger partial charge in [0.05, 0.1) is 4.92 Å². The van der Waals surface area contributed by atoms with Crippen LogP contribution in [0.2, 0.25) is 0 Å². The molecule has 0 amide bonds. The lowest BCUT2D eigenvalue weighted by atomic mass is 10.1. The predicted octanol–water partition coefficient (Wildman–Crippen LogP) is 3.82. The molecule has 0 N–H and O–H groups in total. The number of nitro groups is 1. The summed E-state index contributed by atoms with van der Waals surface area (Å²) in [6, 6.07) is 13.8. The van der Waals surface area contributed by atoms with E-state index in [2.05, 4.69) is 0 Å². The first kappa shape index (κ1) is 14.7. The molecule has 0 fully saturated rings. The van der Waals surface area contributed by atoms with Gasteiger partial charge in [0, 0.05) is 5.56 Å². The van der Waals surface area contributed by atoms with Crippen molar-refractivity contribution < 1.29 is 14.5 Å². The van der Waals surface area contributed by atoms with Crippen molar-refractivity contribution in [1.82, 2.24) is 0 Å². The van der Waals surface area contributed by atoms with Crippen molar-refractivity contribution in [3.63, 3.8) is 0 Å². The van der Waals surface area contributed by atoms with Crippen molar-refractivity contribution >= 4 is 11.7 Å². The highest BCUT2D eigenvalue weighted by Crippen LogP contribution is 2.26. The van der Waals surface area contributed by atoms with Crippen LogP contribution in [0.15, 0.2) is 48.5 Å². The number of nitrogens with zero attached hydrogens (tertiary/aromatic N) is 1. The van der Waals surface area contributed by atoms with Gasteiger partial charge in [-0.1, -0.05) is 42.5 Å². The average Bonchev–Trinajstić information content (AvgIpc) is 2.47. The van der Waals surface area contributed by atoms with Crippen molar-refractivity contribution in [3.8, 4) is 0 Å². The molecule has 0 aromatic heterocycles. The van der Waals surface area contributed by atoms with Gasteiger partial charge in [-0.05, 0) is 25.5 Å². The van der Waals surface area contributed by atoms with Crippen molar-refractivity contribution in [3.05, 3.63) is 75.3 Å². The highest BCUT2D eigenvalue weighted by molar-refractivity contribution is 5.94. The largest absolute Gasteiger partial charge is 0.454 e. The van der Waals surface area contributed by atoms with Crippen molar-refractivity contribution in [2.45, 2.75) is 20.0 Å². The number of para-hydroxylation sites is 1. The Morgan fingerprint density at radius 1 is 1.14 bits per heavy atom. The monoisotopic (exact) mass is 285 g/mol. The Bertz CT molecular complexity index is 667. The van der Waals surface area contributed by atoms with Gasteiger partial charge in [-0.15, -0.1) is 0 Å². The topological polar surface area (TPSA) is 69.4 Å². The van der Waals surface area contributed by atoms with E-state index in [9.17, 15) is 14.9 Å². The summed E-state index contributed by atoms with van der Waals surface area (Å²) in [7, 11) is 0. The van der Waals surface area contributed by atoms with Gasteiger partial charge >= 0.3 is 5.97 Å². The van der Waals surface area contributed by atoms with Crippen LogP contribution in [-0.2, 0) is 4.74 Å². The van der Waals surface area contributed by atoms with Crippen molar-refractivity contribution in [2.75, 3.05) is 0 Å². The maximum Gasteiger partial charge on any atom is 0.345 e. The van der Waals surface area contributed by atoms with Crippen LogP contribution in [0.5, 0.6) is 0 Å². The lowest BCUT2D eigenvalue weighted by molar-refractivity contribution is -0.385. The predicted molar refractivity (Wildman–Crippen MR) is 78.1 cm³/mol. The quantitative estimate of drug-likeness (QED) is 0.486. The maximum absolute atomic E-state index is 12.2. The molecule has 0 aliphatic carbocycles. The fraction of sp³-hybridized carbons (Fsp3) is 0.188. The number of carbonyl (C=O) groups excluding carboxylic acids is 1. The van der Waals surface area contributed by atoms with E-state index in [1.807, 2.05) is 30.3 Å². The first-order valence-corrected chi connectivity index (χ1v) is 6.50. The number of hydrogen-bond acceptors (Lipinski definition) is 4. The molecular weight excluding hydrogens is 270 g/mol. The zero-order chi connectivity index (χ0) is 15.4. The molecule has 2 aromatic carbocycles. The van der Waals surface area contributed by atoms with Gasteiger partial charge in [-0.3, -0.25) is 10.1 Å². The van der Waals surface area contributed by atoms with Gasteiger partial charge < -0.3 is 4.74 Å². The minimum absolute atomic E-state index is 0.0252. The normalized spacial score (nSPS) is 11.7. The maximum atomic E-state index is 12.2. The Labute approximate surface area is 122 Å². The number of rotatable bonds is 4. The van der Waals surface area contributed by atoms with Crippen LogP contribution in [0.25, 0.3) is 0 Å². The molecule has 1 unspecified atom stereocenters. The molecule has 21 heavy (non-hydrogen) atoms. The van der Waals surface area contributed by atoms with E-state index in [4.69, 9.17) is 4.74 Å². The zero-order valence-corrected chi connectivity index (χ0v) is 11.8. The smallest absolute Gasteiger partial charge is 0.345 e. The number of hydrogen-bond donors (Lipinski definition) is 0. The molecule has 2 aromatic rings. The van der Waals surface area contributed by atoms with Crippen LogP contribution in [-0.4, -0.2) is 10.9 Å². The molecule has 0 aliphatic heterocycles. The van der Waals surface area contributed by atoms with Crippen LogP contribution >= 0.6 is 0 Å². The standard InChI is InChI=1S/C16H15NO4/c1-11-7-6-10-14(15(11)17(19)20)16(18)21-12(2)13-8-4-3-5-9-13/h3-10,12H,1-2H3. The van der Waals surface area contributed by atoms with E-state index in [0.717, 1.165) is 5.56 Å². The Hall–Kier alpha value is -2.69. The lowest BCUT2D eigenvalue weighted by Crippen LogP contribution is -2.12. The molecule has 0 bridgehead atoms. The van der Waals surface area contributed by atoms with Crippen molar-refractivity contribution in [2.24, 2.45) is 0 Å². The summed E-state index contributed by atoms with van der Waals surface area (Å²) < 4.78 is 5.32. The van der Waals surface area contributed by atoms with E-state index in [0.29, 0.717) is 5.56 Å². The van der Waals surface area contributed by atoms with Crippen LogP contribution in [0.3, 0.4) is 0 Å². The highest BCUT2D eigenvalue weighted by Gasteiger charge is 2.25. The summed E-state index contributed by atoms with van der Waals surface area (Å²) >= 11 is 0. The molecule has 0 saturated carbocycles. The van der Waals surface area contributed by atoms with Gasteiger partial charge in [0.15, 0.2) is 0 Å². The molecule has 2 rings (SSSR count). The number of nitro benzene ring substituents is 1. The second-order valence-corrected chi connectivity index (χ2v) is 4.69. The molecule has 108 valence electrons. The summed E-state index contributed by atoms with van der Waals surface area (Å²) in [4.78, 5) is 22.7. The molecule has 0 saturated heterocycles. The third-order valence-electron chi connectivity index (χ3n) is 3.19. The SMILES string of the molecule is Cc1cccc(C(=O)OC(C)c2ccccc2)c1[N+](=O)[O-]. The van der Waals surface area contributed by atoms with Crippen molar-refractivity contribution in [1.29, 1.82) is 0 Å². The Morgan fingerprint density at radius 3 is 2.43 bits per heavy atom. The molecule has 5 nitrogen and oxygen atoms in total. The molecule has 0 radical (unpaired) electrons. The summed E-state index contributed by atoms with van der Waals surface area (Å²) in [6.45, 7) is 3.32. The lowest BCUT2D eigenvalue weighted by Gasteiger charge is -2.14. The highest BCUT2D eigenvalue weighted by atomic mass is 16.6. The van der Waals surface area contributed by atoms with Gasteiger partial charge in [0.25, 0.3) is 5.69 Å². The third-order valence-corrected chi connectivity index (χ3v) is 3.19. The van der Waals surface area contributed by atoms with E-state index in [1.54, 1.807) is 26.0 Å². The molecule has 0 heterocycles. The Morgan fingerprint density at radius 2 is 1.81 bits per heavy atom. The fourth-order valence-corrected chi connectivity index (χ4v) is 2.08. The van der Waals surface area contributed by atoms with Gasteiger partial charge in [-0.2, -0.15) is 0 Å². The van der Waals surface area contributed by atoms with Gasteiger partial charge in [0.2, 0.25) is 0 Å². The number of aryl methyl sites for hydroxylation is 1. The summed E-state index contributed by atoms with van der Waals surface area (Å²) in [5, 5.41) is 11.1. The van der Waals surface area contributed by atoms with Crippen LogP contribution in [0.4, 0.5) is 5.69 Å². The van der Waals surface area contributed by atoms with E-state index in [-0.39, 0.29) is 11.3 Å². The Kier molecular flexibility index (Phi) is 4.33. The van der Waals surface area contributed by atoms with Crippen LogP contribution in [0.1, 0.15) is 34.5 Å². The van der Waals surface area contributed by atoms with Gasteiger partial charge in [0.1, 0.15) is 11.7 Å². The molecule has 1 atom stereocenters. The molecule has 5 heteroatoms. The number of benzene rings is 2. The fourth-order valence-electron chi connectivity index (χ4n) is 2.08. The summed E-state index contributed by atoms with van der Waals surface area (Å²) in [6.07, 6.45) is -0.473. The molecule has 0 spiro atoms. The second kappa shape index (κ2) is 6.17. The first-order chi connectivity index (χ1) is 10.0. The summed E-state index contributed by atoms with van der Waals surface area (Å²) in [5.74, 6) is -0.693. The van der Waals surface area contributed by atoms with Crippen LogP contribution in [0, 0.1) is 17.0 Å². The van der Waals surface area contributed by atoms with E-state index in [1.165, 1.54) is 6.07 Å². The number of carbonyl (C=O) groups is 1. The number of ether oxygens (including phenoxy) is 1. The number of esters is 1. The van der Waals surface area contributed by atoms with Crippen LogP contribution < -0.4 is 0 Å². The second-order valence-electron chi connectivity index (χ2n) is 4.69. The average molecular weight is 285 g/mol. The van der Waals surface area contributed by atoms with Gasteiger partial charge in [-0.25, -0.2) is 4.79 Å². The molecule has 0 aliphatic rings. The van der Waals surface area contributed by atoms with E-state index < -0.39 is 17.0 Å². The first-order valence-electron chi connectivity index (χ1n) is 6.50. The molecular formula is C16H15NO4.